The van der Waals surface area contributed by atoms with Gasteiger partial charge in [0.05, 0.1) is 18.8 Å². The van der Waals surface area contributed by atoms with Crippen LogP contribution in [0.15, 0.2) is 0 Å². The fourth-order valence-corrected chi connectivity index (χ4v) is 1.36. The molecule has 0 N–H and O–H groups in total. The predicted octanol–water partition coefficient (Wildman–Crippen LogP) is 0.645. The molecule has 72 valence electrons. The number of amides is 1. The fourth-order valence-electron chi connectivity index (χ4n) is 1.36. The number of hydrogen-bond donors (Lipinski definition) is 0. The van der Waals surface area contributed by atoms with E-state index in [0.29, 0.717) is 13.2 Å². The summed E-state index contributed by atoms with van der Waals surface area (Å²) in [4.78, 5) is 13.2. The Balaban J connectivity index is 2.63. The van der Waals surface area contributed by atoms with Crippen molar-refractivity contribution in [2.45, 2.75) is 32.9 Å². The Morgan fingerprint density at radius 3 is 2.85 bits per heavy atom. The topological polar surface area (TPSA) is 29.5 Å². The molecule has 0 aromatic heterocycles. The molecule has 2 atom stereocenters. The highest BCUT2D eigenvalue weighted by molar-refractivity contribution is 5.93. The lowest BCUT2D eigenvalue weighted by Crippen LogP contribution is -2.49. The van der Waals surface area contributed by atoms with Gasteiger partial charge >= 0.3 is 0 Å². The molecule has 0 bridgehead atoms. The summed E-state index contributed by atoms with van der Waals surface area (Å²) in [6.07, 6.45) is 0.124. The maximum atomic E-state index is 11.5. The highest BCUT2D eigenvalue weighted by Crippen LogP contribution is 2.10. The maximum absolute atomic E-state index is 11.5. The Labute approximate surface area is 79.1 Å². The van der Waals surface area contributed by atoms with Crippen molar-refractivity contribution in [1.29, 1.82) is 0 Å². The standard InChI is InChI=1S/C10H15NO2/c1-4-5-10(12)11-6-9(3)13-7-8(11)2/h8-9H,6-7H2,1-3H3. The second-order valence-electron chi connectivity index (χ2n) is 3.33. The van der Waals surface area contributed by atoms with Crippen molar-refractivity contribution >= 4 is 5.91 Å². The molecule has 0 saturated carbocycles. The quantitative estimate of drug-likeness (QED) is 0.513. The van der Waals surface area contributed by atoms with Gasteiger partial charge < -0.3 is 9.64 Å². The lowest BCUT2D eigenvalue weighted by Gasteiger charge is -2.35. The first-order chi connectivity index (χ1) is 6.15. The molecule has 0 aliphatic carbocycles. The summed E-state index contributed by atoms with van der Waals surface area (Å²) in [6.45, 7) is 6.87. The van der Waals surface area contributed by atoms with Crippen LogP contribution >= 0.6 is 0 Å². The smallest absolute Gasteiger partial charge is 0.298 e. The van der Waals surface area contributed by atoms with Gasteiger partial charge in [-0.15, -0.1) is 0 Å². The van der Waals surface area contributed by atoms with E-state index in [2.05, 4.69) is 11.8 Å². The van der Waals surface area contributed by atoms with Crippen LogP contribution in [0.25, 0.3) is 0 Å². The van der Waals surface area contributed by atoms with Crippen molar-refractivity contribution < 1.29 is 9.53 Å². The first-order valence-corrected chi connectivity index (χ1v) is 4.50. The molecule has 3 nitrogen and oxygen atoms in total. The molecular weight excluding hydrogens is 166 g/mol. The van der Waals surface area contributed by atoms with Crippen molar-refractivity contribution in [3.8, 4) is 11.8 Å². The molecule has 0 radical (unpaired) electrons. The van der Waals surface area contributed by atoms with Gasteiger partial charge in [-0.25, -0.2) is 0 Å². The van der Waals surface area contributed by atoms with E-state index in [1.807, 2.05) is 13.8 Å². The monoisotopic (exact) mass is 181 g/mol. The molecule has 3 heteroatoms. The number of rotatable bonds is 0. The third-order valence-electron chi connectivity index (χ3n) is 2.10. The van der Waals surface area contributed by atoms with Crippen LogP contribution in [0.3, 0.4) is 0 Å². The highest BCUT2D eigenvalue weighted by atomic mass is 16.5. The Bertz CT molecular complexity index is 251. The van der Waals surface area contributed by atoms with Gasteiger partial charge in [-0.1, -0.05) is 5.92 Å². The largest absolute Gasteiger partial charge is 0.375 e. The highest BCUT2D eigenvalue weighted by Gasteiger charge is 2.26. The summed E-state index contributed by atoms with van der Waals surface area (Å²) in [5.41, 5.74) is 0. The van der Waals surface area contributed by atoms with E-state index in [1.165, 1.54) is 0 Å². The number of ether oxygens (including phenoxy) is 1. The van der Waals surface area contributed by atoms with Crippen molar-refractivity contribution in [3.63, 3.8) is 0 Å². The van der Waals surface area contributed by atoms with Crippen LogP contribution in [-0.2, 0) is 9.53 Å². The van der Waals surface area contributed by atoms with Crippen molar-refractivity contribution in [2.75, 3.05) is 13.2 Å². The number of nitrogens with zero attached hydrogens (tertiary/aromatic N) is 1. The average Bonchev–Trinajstić information content (AvgIpc) is 2.09. The van der Waals surface area contributed by atoms with Crippen LogP contribution in [0, 0.1) is 11.8 Å². The normalized spacial score (nSPS) is 27.8. The van der Waals surface area contributed by atoms with E-state index in [4.69, 9.17) is 4.74 Å². The number of morpholine rings is 1. The predicted molar refractivity (Wildman–Crippen MR) is 50.0 cm³/mol. The Morgan fingerprint density at radius 2 is 2.23 bits per heavy atom. The molecule has 1 aliphatic rings. The second-order valence-corrected chi connectivity index (χ2v) is 3.33. The van der Waals surface area contributed by atoms with Crippen molar-refractivity contribution in [2.24, 2.45) is 0 Å². The van der Waals surface area contributed by atoms with E-state index < -0.39 is 0 Å². The Kier molecular flexibility index (Phi) is 3.32. The van der Waals surface area contributed by atoms with Crippen LogP contribution in [0.4, 0.5) is 0 Å². The van der Waals surface area contributed by atoms with E-state index in [9.17, 15) is 4.79 Å². The third kappa shape index (κ3) is 2.46. The average molecular weight is 181 g/mol. The summed E-state index contributed by atoms with van der Waals surface area (Å²) in [6, 6.07) is 0.143. The molecule has 1 heterocycles. The number of carbonyl (C=O) groups is 1. The zero-order valence-electron chi connectivity index (χ0n) is 8.33. The van der Waals surface area contributed by atoms with Gasteiger partial charge in [0.25, 0.3) is 5.91 Å². The van der Waals surface area contributed by atoms with Crippen molar-refractivity contribution in [3.05, 3.63) is 0 Å². The summed E-state index contributed by atoms with van der Waals surface area (Å²) in [5, 5.41) is 0. The Morgan fingerprint density at radius 1 is 1.54 bits per heavy atom. The Hall–Kier alpha value is -1.01. The minimum absolute atomic E-state index is 0.0925. The summed E-state index contributed by atoms with van der Waals surface area (Å²) >= 11 is 0. The van der Waals surface area contributed by atoms with E-state index >= 15 is 0 Å². The molecule has 1 aliphatic heterocycles. The van der Waals surface area contributed by atoms with Crippen LogP contribution in [-0.4, -0.2) is 36.1 Å². The van der Waals surface area contributed by atoms with Gasteiger partial charge in [-0.2, -0.15) is 0 Å². The molecule has 2 unspecified atom stereocenters. The fraction of sp³-hybridized carbons (Fsp3) is 0.700. The van der Waals surface area contributed by atoms with Crippen molar-refractivity contribution in [1.82, 2.24) is 4.90 Å². The maximum Gasteiger partial charge on any atom is 0.298 e. The van der Waals surface area contributed by atoms with Crippen LogP contribution in [0.5, 0.6) is 0 Å². The molecule has 0 aromatic rings. The van der Waals surface area contributed by atoms with Gasteiger partial charge in [0.15, 0.2) is 0 Å². The molecule has 0 spiro atoms. The molecule has 1 amide bonds. The minimum atomic E-state index is -0.0925. The first kappa shape index (κ1) is 10.1. The number of hydrogen-bond acceptors (Lipinski definition) is 2. The van der Waals surface area contributed by atoms with Gasteiger partial charge in [-0.05, 0) is 26.7 Å². The van der Waals surface area contributed by atoms with Crippen LogP contribution in [0.2, 0.25) is 0 Å². The van der Waals surface area contributed by atoms with Gasteiger partial charge in [0.1, 0.15) is 0 Å². The van der Waals surface area contributed by atoms with E-state index in [1.54, 1.807) is 11.8 Å². The number of carbonyl (C=O) groups excluding carboxylic acids is 1. The molecule has 1 saturated heterocycles. The molecule has 1 rings (SSSR count). The molecule has 13 heavy (non-hydrogen) atoms. The summed E-state index contributed by atoms with van der Waals surface area (Å²) < 4.78 is 5.41. The molecular formula is C10H15NO2. The zero-order chi connectivity index (χ0) is 9.84. The van der Waals surface area contributed by atoms with E-state index in [-0.39, 0.29) is 18.1 Å². The van der Waals surface area contributed by atoms with Crippen LogP contribution < -0.4 is 0 Å². The molecule has 1 fully saturated rings. The van der Waals surface area contributed by atoms with Gasteiger partial charge in [0.2, 0.25) is 0 Å². The zero-order valence-corrected chi connectivity index (χ0v) is 8.33. The lowest BCUT2D eigenvalue weighted by molar-refractivity contribution is -0.136. The summed E-state index contributed by atoms with van der Waals surface area (Å²) in [5.74, 6) is 5.07. The lowest BCUT2D eigenvalue weighted by atomic mass is 10.2. The first-order valence-electron chi connectivity index (χ1n) is 4.50. The third-order valence-corrected chi connectivity index (χ3v) is 2.10. The van der Waals surface area contributed by atoms with Gasteiger partial charge in [-0.3, -0.25) is 4.79 Å². The summed E-state index contributed by atoms with van der Waals surface area (Å²) in [7, 11) is 0. The minimum Gasteiger partial charge on any atom is -0.375 e. The van der Waals surface area contributed by atoms with Gasteiger partial charge in [0, 0.05) is 6.54 Å². The SMILES string of the molecule is CC#CC(=O)N1CC(C)OCC1C. The van der Waals surface area contributed by atoms with Crippen LogP contribution in [0.1, 0.15) is 20.8 Å². The van der Waals surface area contributed by atoms with E-state index in [0.717, 1.165) is 0 Å². The second kappa shape index (κ2) is 4.29. The molecule has 0 aromatic carbocycles.